The van der Waals surface area contributed by atoms with Gasteiger partial charge >= 0.3 is 0 Å². The number of hydrogen-bond acceptors (Lipinski definition) is 6. The summed E-state index contributed by atoms with van der Waals surface area (Å²) in [5, 5.41) is 5.64. The van der Waals surface area contributed by atoms with Crippen molar-refractivity contribution in [2.75, 3.05) is 25.5 Å². The Morgan fingerprint density at radius 3 is 2.69 bits per heavy atom. The predicted octanol–water partition coefficient (Wildman–Crippen LogP) is 3.22. The van der Waals surface area contributed by atoms with Gasteiger partial charge in [-0.1, -0.05) is 6.07 Å². The maximum Gasteiger partial charge on any atom is 0.273 e. The number of methoxy groups -OCH3 is 1. The number of anilines is 2. The van der Waals surface area contributed by atoms with Crippen molar-refractivity contribution in [3.05, 3.63) is 41.2 Å². The van der Waals surface area contributed by atoms with Crippen molar-refractivity contribution in [3.63, 3.8) is 0 Å². The highest BCUT2D eigenvalue weighted by Gasteiger charge is 2.42. The second kappa shape index (κ2) is 9.46. The first-order chi connectivity index (χ1) is 15.1. The molecule has 1 atom stereocenters. The van der Waals surface area contributed by atoms with Gasteiger partial charge in [0.05, 0.1) is 13.7 Å². The second-order valence-corrected chi connectivity index (χ2v) is 7.94. The Morgan fingerprint density at radius 2 is 2.00 bits per heavy atom. The smallest absolute Gasteiger partial charge is 0.273 e. The van der Waals surface area contributed by atoms with E-state index in [1.807, 2.05) is 6.92 Å². The Morgan fingerprint density at radius 1 is 1.25 bits per heavy atom. The summed E-state index contributed by atoms with van der Waals surface area (Å²) in [5.74, 6) is -2.42. The number of carbonyl (C=O) groups excluding carboxylic acids is 2. The molecule has 2 N–H and O–H groups in total. The largest absolute Gasteiger partial charge is 0.496 e. The average Bonchev–Trinajstić information content (AvgIpc) is 2.74. The van der Waals surface area contributed by atoms with E-state index < -0.39 is 24.4 Å². The molecule has 0 unspecified atom stereocenters. The standard InChI is InChI=1S/C22H27F2N5O3/c1-13-5-6-18(27-19-9-17(32-4)14(2)10-26-19)28-20(13)21(31)29-12-22(23,24)8-7-16(29)11-25-15(3)30/h5-6,9-10,16H,7-8,11-12H2,1-4H3,(H,25,30)(H,26,27,28)/t16-/m1/s1. The van der Waals surface area contributed by atoms with Crippen molar-refractivity contribution in [2.24, 2.45) is 0 Å². The number of halogens is 2. The molecule has 1 aliphatic rings. The lowest BCUT2D eigenvalue weighted by Crippen LogP contribution is -2.55. The fourth-order valence-electron chi connectivity index (χ4n) is 3.58. The maximum absolute atomic E-state index is 14.1. The average molecular weight is 447 g/mol. The van der Waals surface area contributed by atoms with Gasteiger partial charge in [0.25, 0.3) is 11.8 Å². The molecule has 1 fully saturated rings. The summed E-state index contributed by atoms with van der Waals surface area (Å²) in [6.45, 7) is 4.30. The zero-order valence-electron chi connectivity index (χ0n) is 18.5. The number of rotatable bonds is 6. The fraction of sp³-hybridized carbons (Fsp3) is 0.455. The van der Waals surface area contributed by atoms with Crippen molar-refractivity contribution < 1.29 is 23.1 Å². The van der Waals surface area contributed by atoms with Gasteiger partial charge in [0.2, 0.25) is 5.91 Å². The highest BCUT2D eigenvalue weighted by molar-refractivity contribution is 5.94. The first kappa shape index (κ1) is 23.4. The van der Waals surface area contributed by atoms with Crippen molar-refractivity contribution in [1.29, 1.82) is 0 Å². The number of carbonyl (C=O) groups is 2. The molecule has 3 heterocycles. The van der Waals surface area contributed by atoms with E-state index in [1.165, 1.54) is 6.92 Å². The summed E-state index contributed by atoms with van der Waals surface area (Å²) >= 11 is 0. The number of pyridine rings is 2. The van der Waals surface area contributed by atoms with E-state index in [-0.39, 0.29) is 31.0 Å². The Labute approximate surface area is 185 Å². The molecule has 2 amide bonds. The molecule has 0 radical (unpaired) electrons. The molecule has 2 aromatic heterocycles. The van der Waals surface area contributed by atoms with E-state index in [2.05, 4.69) is 20.6 Å². The Kier molecular flexibility index (Phi) is 6.90. The van der Waals surface area contributed by atoms with Crippen LogP contribution in [0.25, 0.3) is 0 Å². The van der Waals surface area contributed by atoms with Crippen LogP contribution in [0.4, 0.5) is 20.4 Å². The maximum atomic E-state index is 14.1. The van der Waals surface area contributed by atoms with E-state index in [0.29, 0.717) is 22.9 Å². The summed E-state index contributed by atoms with van der Waals surface area (Å²) in [7, 11) is 1.55. The number of hydrogen-bond donors (Lipinski definition) is 2. The molecule has 0 aliphatic carbocycles. The molecular weight excluding hydrogens is 420 g/mol. The summed E-state index contributed by atoms with van der Waals surface area (Å²) in [6, 6.07) is 4.54. The number of amides is 2. The van der Waals surface area contributed by atoms with Gasteiger partial charge in [-0.15, -0.1) is 0 Å². The van der Waals surface area contributed by atoms with Gasteiger partial charge in [-0.3, -0.25) is 9.59 Å². The van der Waals surface area contributed by atoms with Crippen LogP contribution in [0.2, 0.25) is 0 Å². The van der Waals surface area contributed by atoms with E-state index >= 15 is 0 Å². The number of nitrogens with zero attached hydrogens (tertiary/aromatic N) is 3. The van der Waals surface area contributed by atoms with Gasteiger partial charge in [0, 0.05) is 43.8 Å². The van der Waals surface area contributed by atoms with E-state index in [4.69, 9.17) is 4.74 Å². The van der Waals surface area contributed by atoms with Crippen LogP contribution >= 0.6 is 0 Å². The molecule has 2 aromatic rings. The minimum absolute atomic E-state index is 0.0691. The summed E-state index contributed by atoms with van der Waals surface area (Å²) in [6.07, 6.45) is 1.39. The van der Waals surface area contributed by atoms with Gasteiger partial charge in [0.15, 0.2) is 0 Å². The van der Waals surface area contributed by atoms with Crippen LogP contribution in [0.3, 0.4) is 0 Å². The lowest BCUT2D eigenvalue weighted by molar-refractivity contribution is -0.119. The number of aromatic nitrogens is 2. The molecule has 0 saturated carbocycles. The van der Waals surface area contributed by atoms with Crippen LogP contribution in [0.5, 0.6) is 5.75 Å². The number of nitrogens with one attached hydrogen (secondary N) is 2. The number of alkyl halides is 2. The van der Waals surface area contributed by atoms with Gasteiger partial charge in [-0.2, -0.15) is 0 Å². The Balaban J connectivity index is 1.86. The van der Waals surface area contributed by atoms with Crippen LogP contribution < -0.4 is 15.4 Å². The third-order valence-electron chi connectivity index (χ3n) is 5.36. The molecule has 172 valence electrons. The minimum Gasteiger partial charge on any atom is -0.496 e. The van der Waals surface area contributed by atoms with Crippen molar-refractivity contribution in [3.8, 4) is 5.75 Å². The molecular formula is C22H27F2N5O3. The highest BCUT2D eigenvalue weighted by atomic mass is 19.3. The van der Waals surface area contributed by atoms with Crippen LogP contribution in [-0.4, -0.2) is 58.8 Å². The second-order valence-electron chi connectivity index (χ2n) is 7.94. The molecule has 1 aliphatic heterocycles. The molecule has 10 heteroatoms. The highest BCUT2D eigenvalue weighted by Crippen LogP contribution is 2.31. The van der Waals surface area contributed by atoms with Crippen molar-refractivity contribution in [1.82, 2.24) is 20.2 Å². The summed E-state index contributed by atoms with van der Waals surface area (Å²) in [5.41, 5.74) is 1.49. The van der Waals surface area contributed by atoms with Crippen LogP contribution in [0.1, 0.15) is 41.4 Å². The molecule has 32 heavy (non-hydrogen) atoms. The van der Waals surface area contributed by atoms with Gasteiger partial charge in [-0.05, 0) is 31.9 Å². The Bertz CT molecular complexity index is 1020. The third-order valence-corrected chi connectivity index (χ3v) is 5.36. The first-order valence-electron chi connectivity index (χ1n) is 10.3. The van der Waals surface area contributed by atoms with Gasteiger partial charge < -0.3 is 20.3 Å². The minimum atomic E-state index is -2.99. The van der Waals surface area contributed by atoms with Crippen molar-refractivity contribution >= 4 is 23.5 Å². The molecule has 8 nitrogen and oxygen atoms in total. The zero-order valence-corrected chi connectivity index (χ0v) is 18.5. The van der Waals surface area contributed by atoms with Gasteiger partial charge in [-0.25, -0.2) is 18.7 Å². The fourth-order valence-corrected chi connectivity index (χ4v) is 3.58. The van der Waals surface area contributed by atoms with Crippen LogP contribution in [0.15, 0.2) is 24.4 Å². The van der Waals surface area contributed by atoms with Crippen molar-refractivity contribution in [2.45, 2.75) is 45.6 Å². The number of ether oxygens (including phenoxy) is 1. The lowest BCUT2D eigenvalue weighted by Gasteiger charge is -2.39. The molecule has 0 aromatic carbocycles. The quantitative estimate of drug-likeness (QED) is 0.706. The van der Waals surface area contributed by atoms with Gasteiger partial charge in [0.1, 0.15) is 23.1 Å². The number of likely N-dealkylation sites (tertiary alicyclic amines) is 1. The lowest BCUT2D eigenvalue weighted by atomic mass is 9.98. The SMILES string of the molecule is COc1cc(Nc2ccc(C)c(C(=O)N3CC(F)(F)CC[C@@H]3CNC(C)=O)n2)ncc1C. The van der Waals surface area contributed by atoms with Crippen LogP contribution in [-0.2, 0) is 4.79 Å². The summed E-state index contributed by atoms with van der Waals surface area (Å²) in [4.78, 5) is 34.3. The monoisotopic (exact) mass is 447 g/mol. The molecule has 1 saturated heterocycles. The summed E-state index contributed by atoms with van der Waals surface area (Å²) < 4.78 is 33.6. The number of aryl methyl sites for hydroxylation is 2. The third kappa shape index (κ3) is 5.49. The zero-order chi connectivity index (χ0) is 23.5. The topological polar surface area (TPSA) is 96.5 Å². The first-order valence-corrected chi connectivity index (χ1v) is 10.3. The molecule has 3 rings (SSSR count). The van der Waals surface area contributed by atoms with Crippen LogP contribution in [0, 0.1) is 13.8 Å². The molecule has 0 bridgehead atoms. The normalized spacial score (nSPS) is 17.6. The molecule has 0 spiro atoms. The number of piperidine rings is 1. The van der Waals surface area contributed by atoms with E-state index in [0.717, 1.165) is 10.5 Å². The van der Waals surface area contributed by atoms with E-state index in [9.17, 15) is 18.4 Å². The van der Waals surface area contributed by atoms with E-state index in [1.54, 1.807) is 38.4 Å². The predicted molar refractivity (Wildman–Crippen MR) is 115 cm³/mol. The Hall–Kier alpha value is -3.30.